The standard InChI is InChI=1S/C18H15Cl2NO/c19-14-8-2-7-13(16(14)20)17-11-5-1-4-10(11)12-6-3-9-15(22)18(12)21-17/h1-4,6-11,17,21-22H,5H2. The smallest absolute Gasteiger partial charge is 0.138 e. The summed E-state index contributed by atoms with van der Waals surface area (Å²) in [7, 11) is 0. The van der Waals surface area contributed by atoms with Crippen LogP contribution in [-0.4, -0.2) is 5.11 Å². The Morgan fingerprint density at radius 2 is 1.82 bits per heavy atom. The van der Waals surface area contributed by atoms with Gasteiger partial charge in [0.25, 0.3) is 0 Å². The molecule has 0 saturated heterocycles. The highest BCUT2D eigenvalue weighted by atomic mass is 35.5. The first-order valence-corrected chi connectivity index (χ1v) is 8.11. The van der Waals surface area contributed by atoms with Crippen molar-refractivity contribution in [3.05, 3.63) is 69.7 Å². The molecule has 1 aliphatic carbocycles. The summed E-state index contributed by atoms with van der Waals surface area (Å²) >= 11 is 12.6. The molecule has 0 aromatic heterocycles. The van der Waals surface area contributed by atoms with Crippen molar-refractivity contribution in [2.75, 3.05) is 5.32 Å². The van der Waals surface area contributed by atoms with Crippen molar-refractivity contribution in [1.29, 1.82) is 0 Å². The van der Waals surface area contributed by atoms with Crippen LogP contribution < -0.4 is 5.32 Å². The molecule has 2 aromatic rings. The fourth-order valence-electron chi connectivity index (χ4n) is 3.67. The SMILES string of the molecule is Oc1cccc2c1NC(c1cccc(Cl)c1Cl)C1CC=CC21. The Morgan fingerprint density at radius 1 is 1.05 bits per heavy atom. The van der Waals surface area contributed by atoms with Crippen LogP contribution in [0.5, 0.6) is 5.75 Å². The Bertz CT molecular complexity index is 772. The molecular formula is C18H15Cl2NO. The third-order valence-electron chi connectivity index (χ3n) is 4.69. The maximum absolute atomic E-state index is 10.2. The molecule has 0 bridgehead atoms. The Balaban J connectivity index is 1.86. The van der Waals surface area contributed by atoms with Crippen molar-refractivity contribution in [3.8, 4) is 5.75 Å². The third-order valence-corrected chi connectivity index (χ3v) is 5.52. The fourth-order valence-corrected chi connectivity index (χ4v) is 4.10. The van der Waals surface area contributed by atoms with E-state index in [-0.39, 0.29) is 11.8 Å². The molecule has 3 unspecified atom stereocenters. The number of hydrogen-bond acceptors (Lipinski definition) is 2. The summed E-state index contributed by atoms with van der Waals surface area (Å²) in [6, 6.07) is 11.4. The van der Waals surface area contributed by atoms with Gasteiger partial charge in [0.15, 0.2) is 0 Å². The van der Waals surface area contributed by atoms with Crippen molar-refractivity contribution in [2.45, 2.75) is 18.4 Å². The van der Waals surface area contributed by atoms with Gasteiger partial charge in [-0.1, -0.05) is 59.6 Å². The van der Waals surface area contributed by atoms with Gasteiger partial charge in [0.05, 0.1) is 21.8 Å². The lowest BCUT2D eigenvalue weighted by Crippen LogP contribution is -2.29. The molecule has 22 heavy (non-hydrogen) atoms. The molecule has 2 nitrogen and oxygen atoms in total. The van der Waals surface area contributed by atoms with E-state index >= 15 is 0 Å². The van der Waals surface area contributed by atoms with Gasteiger partial charge in [-0.2, -0.15) is 0 Å². The van der Waals surface area contributed by atoms with Crippen LogP contribution in [0.3, 0.4) is 0 Å². The summed E-state index contributed by atoms with van der Waals surface area (Å²) < 4.78 is 0. The predicted molar refractivity (Wildman–Crippen MR) is 90.9 cm³/mol. The van der Waals surface area contributed by atoms with Crippen molar-refractivity contribution in [1.82, 2.24) is 0 Å². The normalized spacial score (nSPS) is 25.5. The van der Waals surface area contributed by atoms with Crippen LogP contribution in [0.1, 0.15) is 29.5 Å². The van der Waals surface area contributed by atoms with Crippen LogP contribution in [0.15, 0.2) is 48.6 Å². The first-order chi connectivity index (χ1) is 10.7. The summed E-state index contributed by atoms with van der Waals surface area (Å²) in [5.41, 5.74) is 2.94. The molecule has 0 radical (unpaired) electrons. The Kier molecular flexibility index (Phi) is 3.32. The molecule has 2 aliphatic rings. The minimum atomic E-state index is 0.0343. The zero-order valence-corrected chi connectivity index (χ0v) is 13.3. The number of anilines is 1. The first kappa shape index (κ1) is 14.0. The minimum Gasteiger partial charge on any atom is -0.506 e. The average Bonchev–Trinajstić information content (AvgIpc) is 3.00. The largest absolute Gasteiger partial charge is 0.506 e. The minimum absolute atomic E-state index is 0.0343. The quantitative estimate of drug-likeness (QED) is 0.532. The van der Waals surface area contributed by atoms with Crippen molar-refractivity contribution < 1.29 is 5.11 Å². The van der Waals surface area contributed by atoms with Gasteiger partial charge in [0.1, 0.15) is 5.75 Å². The van der Waals surface area contributed by atoms with Gasteiger partial charge in [-0.05, 0) is 35.6 Å². The van der Waals surface area contributed by atoms with Crippen LogP contribution in [0.2, 0.25) is 10.0 Å². The van der Waals surface area contributed by atoms with E-state index in [0.717, 1.165) is 23.2 Å². The van der Waals surface area contributed by atoms with Crippen LogP contribution in [-0.2, 0) is 0 Å². The van der Waals surface area contributed by atoms with Gasteiger partial charge in [0.2, 0.25) is 0 Å². The Hall–Kier alpha value is -1.64. The molecule has 4 rings (SSSR count). The number of halogens is 2. The third kappa shape index (κ3) is 2.02. The van der Waals surface area contributed by atoms with Gasteiger partial charge in [-0.25, -0.2) is 0 Å². The number of para-hydroxylation sites is 1. The van der Waals surface area contributed by atoms with Gasteiger partial charge < -0.3 is 10.4 Å². The number of benzene rings is 2. The van der Waals surface area contributed by atoms with E-state index < -0.39 is 0 Å². The van der Waals surface area contributed by atoms with E-state index in [1.54, 1.807) is 12.1 Å². The molecule has 0 fully saturated rings. The zero-order chi connectivity index (χ0) is 15.3. The second-order valence-corrected chi connectivity index (χ2v) is 6.65. The molecule has 112 valence electrons. The summed E-state index contributed by atoms with van der Waals surface area (Å²) in [6.07, 6.45) is 5.43. The number of hydrogen-bond donors (Lipinski definition) is 2. The molecule has 0 amide bonds. The van der Waals surface area contributed by atoms with Gasteiger partial charge in [0, 0.05) is 5.92 Å². The first-order valence-electron chi connectivity index (χ1n) is 7.36. The highest BCUT2D eigenvalue weighted by molar-refractivity contribution is 6.42. The second-order valence-electron chi connectivity index (χ2n) is 5.86. The Morgan fingerprint density at radius 3 is 2.68 bits per heavy atom. The molecule has 0 spiro atoms. The lowest BCUT2D eigenvalue weighted by Gasteiger charge is -2.38. The maximum Gasteiger partial charge on any atom is 0.138 e. The number of aromatic hydroxyl groups is 1. The fraction of sp³-hybridized carbons (Fsp3) is 0.222. The molecule has 1 heterocycles. The number of nitrogens with one attached hydrogen (secondary N) is 1. The molecule has 3 atom stereocenters. The number of phenolic OH excluding ortho intramolecular Hbond substituents is 1. The summed E-state index contributed by atoms with van der Waals surface area (Å²) in [5.74, 6) is 0.952. The van der Waals surface area contributed by atoms with Gasteiger partial charge in [-0.15, -0.1) is 0 Å². The van der Waals surface area contributed by atoms with E-state index in [1.165, 1.54) is 0 Å². The number of rotatable bonds is 1. The lowest BCUT2D eigenvalue weighted by molar-refractivity contribution is 0.415. The number of fused-ring (bicyclic) bond motifs is 3. The summed E-state index contributed by atoms with van der Waals surface area (Å²) in [6.45, 7) is 0. The average molecular weight is 332 g/mol. The highest BCUT2D eigenvalue weighted by Crippen LogP contribution is 2.53. The molecule has 4 heteroatoms. The maximum atomic E-state index is 10.2. The summed E-state index contributed by atoms with van der Waals surface area (Å²) in [4.78, 5) is 0. The van der Waals surface area contributed by atoms with Crippen LogP contribution in [0, 0.1) is 5.92 Å². The molecule has 2 N–H and O–H groups in total. The van der Waals surface area contributed by atoms with Gasteiger partial charge in [-0.3, -0.25) is 0 Å². The monoisotopic (exact) mass is 331 g/mol. The van der Waals surface area contributed by atoms with E-state index in [0.29, 0.717) is 21.9 Å². The molecular weight excluding hydrogens is 317 g/mol. The van der Waals surface area contributed by atoms with Gasteiger partial charge >= 0.3 is 0 Å². The van der Waals surface area contributed by atoms with Crippen molar-refractivity contribution in [3.63, 3.8) is 0 Å². The van der Waals surface area contributed by atoms with Crippen LogP contribution >= 0.6 is 23.2 Å². The predicted octanol–water partition coefficient (Wildman–Crippen LogP) is 5.53. The second kappa shape index (κ2) is 5.22. The molecule has 2 aromatic carbocycles. The van der Waals surface area contributed by atoms with Crippen molar-refractivity contribution >= 4 is 28.9 Å². The zero-order valence-electron chi connectivity index (χ0n) is 11.8. The van der Waals surface area contributed by atoms with E-state index in [2.05, 4.69) is 23.5 Å². The van der Waals surface area contributed by atoms with E-state index in [4.69, 9.17) is 23.2 Å². The van der Waals surface area contributed by atoms with E-state index in [9.17, 15) is 5.11 Å². The van der Waals surface area contributed by atoms with E-state index in [1.807, 2.05) is 18.2 Å². The number of phenols is 1. The van der Waals surface area contributed by atoms with Crippen LogP contribution in [0.4, 0.5) is 5.69 Å². The Labute approximate surface area is 139 Å². The molecule has 1 aliphatic heterocycles. The molecule has 0 saturated carbocycles. The van der Waals surface area contributed by atoms with Crippen LogP contribution in [0.25, 0.3) is 0 Å². The lowest BCUT2D eigenvalue weighted by atomic mass is 9.77. The number of allylic oxidation sites excluding steroid dienone is 2. The topological polar surface area (TPSA) is 32.3 Å². The van der Waals surface area contributed by atoms with Crippen molar-refractivity contribution in [2.24, 2.45) is 5.92 Å². The summed E-state index contributed by atoms with van der Waals surface area (Å²) in [5, 5.41) is 14.9. The highest BCUT2D eigenvalue weighted by Gasteiger charge is 2.39.